The molecule has 148 valence electrons. The van der Waals surface area contributed by atoms with Crippen molar-refractivity contribution < 1.29 is 24.2 Å². The van der Waals surface area contributed by atoms with Crippen LogP contribution in [-0.4, -0.2) is 47.5 Å². The molecule has 8 heteroatoms. The molecule has 0 heterocycles. The molecule has 2 rings (SSSR count). The van der Waals surface area contributed by atoms with Gasteiger partial charge in [0.1, 0.15) is 11.3 Å². The van der Waals surface area contributed by atoms with Crippen LogP contribution >= 0.6 is 15.9 Å². The second kappa shape index (κ2) is 10.5. The van der Waals surface area contributed by atoms with Gasteiger partial charge in [-0.1, -0.05) is 36.4 Å². The number of hydrogen-bond acceptors (Lipinski definition) is 4. The first-order valence-electron chi connectivity index (χ1n) is 8.63. The first-order valence-corrected chi connectivity index (χ1v) is 9.42. The summed E-state index contributed by atoms with van der Waals surface area (Å²) in [6.45, 7) is -0.290. The zero-order valence-corrected chi connectivity index (χ0v) is 16.7. The van der Waals surface area contributed by atoms with Crippen molar-refractivity contribution in [2.24, 2.45) is 5.73 Å². The highest BCUT2D eigenvalue weighted by Crippen LogP contribution is 2.29. The quantitative estimate of drug-likeness (QED) is 0.579. The lowest BCUT2D eigenvalue weighted by Gasteiger charge is -2.22. The number of carboxylic acids is 1. The van der Waals surface area contributed by atoms with Crippen LogP contribution in [0.15, 0.2) is 53.0 Å². The van der Waals surface area contributed by atoms with E-state index in [2.05, 4.69) is 15.9 Å². The van der Waals surface area contributed by atoms with Crippen molar-refractivity contribution in [1.82, 2.24) is 4.90 Å². The third-order valence-electron chi connectivity index (χ3n) is 3.97. The number of para-hydroxylation sites is 1. The van der Waals surface area contributed by atoms with E-state index < -0.39 is 24.4 Å². The molecule has 0 aliphatic heterocycles. The molecule has 28 heavy (non-hydrogen) atoms. The monoisotopic (exact) mass is 448 g/mol. The van der Waals surface area contributed by atoms with Gasteiger partial charge in [0.15, 0.2) is 6.61 Å². The van der Waals surface area contributed by atoms with E-state index in [1.807, 2.05) is 30.3 Å². The summed E-state index contributed by atoms with van der Waals surface area (Å²) in [5.41, 5.74) is 6.32. The van der Waals surface area contributed by atoms with Gasteiger partial charge in [-0.15, -0.1) is 0 Å². The van der Waals surface area contributed by atoms with Gasteiger partial charge in [0, 0.05) is 6.54 Å². The Kier molecular flexibility index (Phi) is 8.01. The Morgan fingerprint density at radius 1 is 1.07 bits per heavy atom. The number of benzene rings is 2. The summed E-state index contributed by atoms with van der Waals surface area (Å²) in [5.74, 6) is -2.17. The highest BCUT2D eigenvalue weighted by molar-refractivity contribution is 9.10. The summed E-state index contributed by atoms with van der Waals surface area (Å²) >= 11 is 3.22. The van der Waals surface area contributed by atoms with Gasteiger partial charge in [0.05, 0.1) is 11.0 Å². The zero-order valence-electron chi connectivity index (χ0n) is 15.1. The van der Waals surface area contributed by atoms with Crippen molar-refractivity contribution in [3.05, 3.63) is 64.1 Å². The average Bonchev–Trinajstić information content (AvgIpc) is 2.66. The predicted molar refractivity (Wildman–Crippen MR) is 107 cm³/mol. The molecule has 2 aromatic carbocycles. The van der Waals surface area contributed by atoms with Gasteiger partial charge < -0.3 is 20.5 Å². The summed E-state index contributed by atoms with van der Waals surface area (Å²) in [6, 6.07) is 14.3. The van der Waals surface area contributed by atoms with Gasteiger partial charge in [-0.2, -0.15) is 0 Å². The third-order valence-corrected chi connectivity index (χ3v) is 4.60. The fourth-order valence-corrected chi connectivity index (χ4v) is 3.13. The molecule has 0 saturated heterocycles. The molecule has 0 aromatic heterocycles. The second-order valence-corrected chi connectivity index (χ2v) is 6.94. The van der Waals surface area contributed by atoms with Gasteiger partial charge in [-0.3, -0.25) is 9.59 Å². The largest absolute Gasteiger partial charge is 0.482 e. The highest BCUT2D eigenvalue weighted by Gasteiger charge is 2.19. The van der Waals surface area contributed by atoms with Gasteiger partial charge in [-0.05, 0) is 46.5 Å². The molecule has 0 spiro atoms. The summed E-state index contributed by atoms with van der Waals surface area (Å²) < 4.78 is 5.87. The Labute approximate surface area is 171 Å². The van der Waals surface area contributed by atoms with E-state index in [1.165, 1.54) is 11.0 Å². The number of hydrogen-bond donors (Lipinski definition) is 2. The maximum absolute atomic E-state index is 12.5. The summed E-state index contributed by atoms with van der Waals surface area (Å²) in [7, 11) is 0. The molecule has 2 amide bonds. The van der Waals surface area contributed by atoms with Gasteiger partial charge in [-0.25, -0.2) is 4.79 Å². The van der Waals surface area contributed by atoms with Crippen LogP contribution in [0.3, 0.4) is 0 Å². The molecule has 3 N–H and O–H groups in total. The summed E-state index contributed by atoms with van der Waals surface area (Å²) in [6.07, 6.45) is 1.40. The first-order chi connectivity index (χ1) is 13.4. The van der Waals surface area contributed by atoms with E-state index in [0.717, 1.165) is 12.0 Å². The molecule has 0 atom stereocenters. The number of carboxylic acid groups (broad SMARTS) is 1. The number of rotatable bonds is 10. The molecule has 0 saturated carbocycles. The number of aryl methyl sites for hydroxylation is 1. The zero-order chi connectivity index (χ0) is 20.5. The number of carbonyl (C=O) groups excluding carboxylic acids is 2. The van der Waals surface area contributed by atoms with Crippen LogP contribution in [0.25, 0.3) is 0 Å². The van der Waals surface area contributed by atoms with Crippen LogP contribution in [0, 0.1) is 0 Å². The number of halogens is 1. The van der Waals surface area contributed by atoms with E-state index in [-0.39, 0.29) is 17.9 Å². The maximum atomic E-state index is 12.5. The SMILES string of the molecule is NC(=O)CN(CCCc1ccccc1)C(=O)COc1c(Br)cccc1C(=O)O. The van der Waals surface area contributed by atoms with Crippen molar-refractivity contribution in [3.63, 3.8) is 0 Å². The molecule has 0 aliphatic rings. The molecule has 2 aromatic rings. The topological polar surface area (TPSA) is 110 Å². The smallest absolute Gasteiger partial charge is 0.339 e. The lowest BCUT2D eigenvalue weighted by molar-refractivity contribution is -0.137. The fourth-order valence-electron chi connectivity index (χ4n) is 2.65. The van der Waals surface area contributed by atoms with Crippen molar-refractivity contribution in [2.45, 2.75) is 12.8 Å². The third kappa shape index (κ3) is 6.38. The van der Waals surface area contributed by atoms with Crippen LogP contribution in [0.5, 0.6) is 5.75 Å². The van der Waals surface area contributed by atoms with Gasteiger partial charge in [0.25, 0.3) is 5.91 Å². The molecule has 0 unspecified atom stereocenters. The van der Waals surface area contributed by atoms with E-state index in [1.54, 1.807) is 12.1 Å². The van der Waals surface area contributed by atoms with Gasteiger partial charge in [0.2, 0.25) is 5.91 Å². The summed E-state index contributed by atoms with van der Waals surface area (Å²) in [4.78, 5) is 36.5. The second-order valence-electron chi connectivity index (χ2n) is 6.08. The van der Waals surface area contributed by atoms with Crippen LogP contribution in [0.4, 0.5) is 0 Å². The average molecular weight is 449 g/mol. The number of amides is 2. The van der Waals surface area contributed by atoms with Crippen molar-refractivity contribution in [3.8, 4) is 5.75 Å². The molecule has 7 nitrogen and oxygen atoms in total. The number of carbonyl (C=O) groups is 3. The number of nitrogens with two attached hydrogens (primary N) is 1. The first kappa shape index (κ1) is 21.4. The van der Waals surface area contributed by atoms with Crippen LogP contribution in [-0.2, 0) is 16.0 Å². The molecule has 0 fully saturated rings. The molecular formula is C20H21BrN2O5. The van der Waals surface area contributed by atoms with Crippen LogP contribution in [0.1, 0.15) is 22.3 Å². The van der Waals surface area contributed by atoms with E-state index >= 15 is 0 Å². The van der Waals surface area contributed by atoms with Gasteiger partial charge >= 0.3 is 5.97 Å². The van der Waals surface area contributed by atoms with Crippen molar-refractivity contribution in [1.29, 1.82) is 0 Å². The molecular weight excluding hydrogens is 428 g/mol. The number of aromatic carboxylic acids is 1. The molecule has 0 radical (unpaired) electrons. The number of nitrogens with zero attached hydrogens (tertiary/aromatic N) is 1. The molecule has 0 bridgehead atoms. The lowest BCUT2D eigenvalue weighted by Crippen LogP contribution is -2.41. The van der Waals surface area contributed by atoms with Crippen LogP contribution in [0.2, 0.25) is 0 Å². The van der Waals surface area contributed by atoms with E-state index in [0.29, 0.717) is 17.4 Å². The van der Waals surface area contributed by atoms with Crippen molar-refractivity contribution >= 4 is 33.7 Å². The van der Waals surface area contributed by atoms with E-state index in [9.17, 15) is 19.5 Å². The minimum absolute atomic E-state index is 0.0617. The number of ether oxygens (including phenoxy) is 1. The normalized spacial score (nSPS) is 10.3. The van der Waals surface area contributed by atoms with Crippen LogP contribution < -0.4 is 10.5 Å². The van der Waals surface area contributed by atoms with Crippen molar-refractivity contribution in [2.75, 3.05) is 19.7 Å². The highest BCUT2D eigenvalue weighted by atomic mass is 79.9. The predicted octanol–water partition coefficient (Wildman–Crippen LogP) is 2.47. The Bertz CT molecular complexity index is 842. The minimum atomic E-state index is -1.17. The number of primary amides is 1. The Morgan fingerprint density at radius 3 is 2.43 bits per heavy atom. The Hall–Kier alpha value is -2.87. The minimum Gasteiger partial charge on any atom is -0.482 e. The Balaban J connectivity index is 1.99. The Morgan fingerprint density at radius 2 is 1.79 bits per heavy atom. The maximum Gasteiger partial charge on any atom is 0.339 e. The standard InChI is InChI=1S/C20H21BrN2O5/c21-16-10-4-9-15(20(26)27)19(16)28-13-18(25)23(12-17(22)24)11-5-8-14-6-2-1-3-7-14/h1-4,6-7,9-10H,5,8,11-13H2,(H2,22,24)(H,26,27). The summed E-state index contributed by atoms with van der Waals surface area (Å²) in [5, 5.41) is 9.25. The molecule has 0 aliphatic carbocycles. The lowest BCUT2D eigenvalue weighted by atomic mass is 10.1. The van der Waals surface area contributed by atoms with E-state index in [4.69, 9.17) is 10.5 Å². The fraction of sp³-hybridized carbons (Fsp3) is 0.250.